The van der Waals surface area contributed by atoms with Gasteiger partial charge in [0.05, 0.1) is 17.4 Å². The molecular weight excluding hydrogens is 307 g/mol. The van der Waals surface area contributed by atoms with E-state index in [1.165, 1.54) is 12.4 Å². The SMILES string of the molecule is O=C(Nc1nccnn1)c1ccc(Cl)c(Br)c1. The molecule has 0 saturated heterocycles. The number of rotatable bonds is 2. The highest BCUT2D eigenvalue weighted by molar-refractivity contribution is 9.10. The van der Waals surface area contributed by atoms with Crippen LogP contribution < -0.4 is 5.32 Å². The molecule has 5 nitrogen and oxygen atoms in total. The van der Waals surface area contributed by atoms with Crippen LogP contribution in [0.15, 0.2) is 35.1 Å². The van der Waals surface area contributed by atoms with E-state index in [4.69, 9.17) is 11.6 Å². The Kier molecular flexibility index (Phi) is 3.65. The first-order chi connectivity index (χ1) is 8.16. The van der Waals surface area contributed by atoms with Gasteiger partial charge in [-0.25, -0.2) is 4.98 Å². The van der Waals surface area contributed by atoms with Crippen molar-refractivity contribution in [1.29, 1.82) is 0 Å². The lowest BCUT2D eigenvalue weighted by molar-refractivity contribution is 0.102. The number of hydrogen-bond donors (Lipinski definition) is 1. The second kappa shape index (κ2) is 5.20. The van der Waals surface area contributed by atoms with Crippen LogP contribution in [0, 0.1) is 0 Å². The molecule has 0 aliphatic rings. The van der Waals surface area contributed by atoms with Crippen LogP contribution in [-0.4, -0.2) is 21.1 Å². The highest BCUT2D eigenvalue weighted by atomic mass is 79.9. The third-order valence-electron chi connectivity index (χ3n) is 1.89. The lowest BCUT2D eigenvalue weighted by atomic mass is 10.2. The highest BCUT2D eigenvalue weighted by Crippen LogP contribution is 2.23. The van der Waals surface area contributed by atoms with Crippen molar-refractivity contribution in [1.82, 2.24) is 15.2 Å². The first kappa shape index (κ1) is 11.9. The third-order valence-corrected chi connectivity index (χ3v) is 3.10. The van der Waals surface area contributed by atoms with Crippen LogP contribution in [0.3, 0.4) is 0 Å². The lowest BCUT2D eigenvalue weighted by Crippen LogP contribution is -2.14. The first-order valence-electron chi connectivity index (χ1n) is 4.57. The molecule has 7 heteroatoms. The van der Waals surface area contributed by atoms with Crippen LogP contribution in [0.1, 0.15) is 10.4 Å². The van der Waals surface area contributed by atoms with Crippen LogP contribution >= 0.6 is 27.5 Å². The van der Waals surface area contributed by atoms with E-state index in [1.54, 1.807) is 18.2 Å². The quantitative estimate of drug-likeness (QED) is 0.925. The molecule has 0 unspecified atom stereocenters. The highest BCUT2D eigenvalue weighted by Gasteiger charge is 2.09. The van der Waals surface area contributed by atoms with Crippen molar-refractivity contribution >= 4 is 39.4 Å². The summed E-state index contributed by atoms with van der Waals surface area (Å²) in [6.45, 7) is 0. The number of amides is 1. The Labute approximate surface area is 110 Å². The average Bonchev–Trinajstić information content (AvgIpc) is 2.34. The van der Waals surface area contributed by atoms with Gasteiger partial charge in [-0.3, -0.25) is 10.1 Å². The molecule has 1 amide bonds. The summed E-state index contributed by atoms with van der Waals surface area (Å²) in [4.78, 5) is 15.6. The van der Waals surface area contributed by atoms with Gasteiger partial charge in [0.25, 0.3) is 5.91 Å². The molecule has 1 N–H and O–H groups in total. The Morgan fingerprint density at radius 2 is 2.18 bits per heavy atom. The maximum atomic E-state index is 11.8. The number of carbonyl (C=O) groups is 1. The van der Waals surface area contributed by atoms with Crippen molar-refractivity contribution in [2.45, 2.75) is 0 Å². The Balaban J connectivity index is 2.18. The summed E-state index contributed by atoms with van der Waals surface area (Å²) in [7, 11) is 0. The molecule has 0 atom stereocenters. The predicted molar refractivity (Wildman–Crippen MR) is 66.9 cm³/mol. The van der Waals surface area contributed by atoms with E-state index in [1.807, 2.05) is 0 Å². The van der Waals surface area contributed by atoms with Crippen LogP contribution in [0.4, 0.5) is 5.95 Å². The van der Waals surface area contributed by atoms with E-state index in [2.05, 4.69) is 36.4 Å². The van der Waals surface area contributed by atoms with Gasteiger partial charge < -0.3 is 0 Å². The monoisotopic (exact) mass is 312 g/mol. The molecule has 1 aromatic carbocycles. The molecule has 0 saturated carbocycles. The summed E-state index contributed by atoms with van der Waals surface area (Å²) in [5.41, 5.74) is 0.453. The molecular formula is C10H6BrClN4O. The van der Waals surface area contributed by atoms with E-state index in [-0.39, 0.29) is 11.9 Å². The van der Waals surface area contributed by atoms with E-state index in [0.29, 0.717) is 15.1 Å². The number of carbonyl (C=O) groups excluding carboxylic acids is 1. The molecule has 2 rings (SSSR count). The zero-order valence-electron chi connectivity index (χ0n) is 8.39. The fraction of sp³-hybridized carbons (Fsp3) is 0. The normalized spacial score (nSPS) is 10.0. The third kappa shape index (κ3) is 2.98. The van der Waals surface area contributed by atoms with Gasteiger partial charge in [-0.1, -0.05) is 11.6 Å². The lowest BCUT2D eigenvalue weighted by Gasteiger charge is -2.03. The summed E-state index contributed by atoms with van der Waals surface area (Å²) < 4.78 is 0.652. The summed E-state index contributed by atoms with van der Waals surface area (Å²) in [5, 5.41) is 10.3. The minimum atomic E-state index is -0.324. The van der Waals surface area contributed by atoms with Crippen molar-refractivity contribution in [2.24, 2.45) is 0 Å². The van der Waals surface area contributed by atoms with Crippen molar-refractivity contribution in [2.75, 3.05) is 5.32 Å². The van der Waals surface area contributed by atoms with Gasteiger partial charge in [-0.05, 0) is 34.1 Å². The van der Waals surface area contributed by atoms with Gasteiger partial charge in [0.2, 0.25) is 5.95 Å². The standard InChI is InChI=1S/C10H6BrClN4O/c11-7-5-6(1-2-8(7)12)9(17)15-10-13-3-4-14-16-10/h1-5H,(H,13,15,16,17). The molecule has 0 radical (unpaired) electrons. The predicted octanol–water partition coefficient (Wildman–Crippen LogP) is 2.54. The summed E-state index contributed by atoms with van der Waals surface area (Å²) >= 11 is 9.08. The van der Waals surface area contributed by atoms with Gasteiger partial charge >= 0.3 is 0 Å². The van der Waals surface area contributed by atoms with Gasteiger partial charge in [-0.2, -0.15) is 5.10 Å². The van der Waals surface area contributed by atoms with E-state index >= 15 is 0 Å². The Bertz CT molecular complexity index is 549. The Hall–Kier alpha value is -1.53. The number of halogens is 2. The topological polar surface area (TPSA) is 67.8 Å². The number of benzene rings is 1. The molecule has 0 aliphatic heterocycles. The second-order valence-electron chi connectivity index (χ2n) is 3.05. The number of anilines is 1. The first-order valence-corrected chi connectivity index (χ1v) is 5.74. The van der Waals surface area contributed by atoms with Gasteiger partial charge in [-0.15, -0.1) is 5.10 Å². The zero-order chi connectivity index (χ0) is 12.3. The minimum Gasteiger partial charge on any atom is -0.289 e. The summed E-state index contributed by atoms with van der Waals surface area (Å²) in [6.07, 6.45) is 2.87. The summed E-state index contributed by atoms with van der Waals surface area (Å²) in [5.74, 6) is -0.168. The fourth-order valence-corrected chi connectivity index (χ4v) is 1.61. The Morgan fingerprint density at radius 1 is 1.35 bits per heavy atom. The van der Waals surface area contributed by atoms with Gasteiger partial charge in [0, 0.05) is 10.0 Å². The van der Waals surface area contributed by atoms with Crippen molar-refractivity contribution in [3.63, 3.8) is 0 Å². The van der Waals surface area contributed by atoms with Crippen LogP contribution in [0.25, 0.3) is 0 Å². The van der Waals surface area contributed by atoms with Crippen LogP contribution in [0.5, 0.6) is 0 Å². The smallest absolute Gasteiger partial charge is 0.258 e. The van der Waals surface area contributed by atoms with Crippen LogP contribution in [0.2, 0.25) is 5.02 Å². The molecule has 0 bridgehead atoms. The number of hydrogen-bond acceptors (Lipinski definition) is 4. The molecule has 1 heterocycles. The molecule has 2 aromatic rings. The molecule has 17 heavy (non-hydrogen) atoms. The van der Waals surface area contributed by atoms with E-state index in [9.17, 15) is 4.79 Å². The zero-order valence-corrected chi connectivity index (χ0v) is 10.7. The number of nitrogens with zero attached hydrogens (tertiary/aromatic N) is 3. The fourth-order valence-electron chi connectivity index (χ4n) is 1.12. The molecule has 0 spiro atoms. The molecule has 1 aromatic heterocycles. The molecule has 86 valence electrons. The van der Waals surface area contributed by atoms with E-state index in [0.717, 1.165) is 0 Å². The minimum absolute atomic E-state index is 0.156. The van der Waals surface area contributed by atoms with Gasteiger partial charge in [0.1, 0.15) is 0 Å². The van der Waals surface area contributed by atoms with Crippen molar-refractivity contribution in [3.8, 4) is 0 Å². The molecule has 0 fully saturated rings. The van der Waals surface area contributed by atoms with Crippen molar-refractivity contribution in [3.05, 3.63) is 45.7 Å². The van der Waals surface area contributed by atoms with E-state index < -0.39 is 0 Å². The van der Waals surface area contributed by atoms with Crippen molar-refractivity contribution < 1.29 is 4.79 Å². The summed E-state index contributed by atoms with van der Waals surface area (Å²) in [6, 6.07) is 4.86. The maximum absolute atomic E-state index is 11.8. The number of aromatic nitrogens is 3. The number of nitrogens with one attached hydrogen (secondary N) is 1. The average molecular weight is 314 g/mol. The largest absolute Gasteiger partial charge is 0.289 e. The maximum Gasteiger partial charge on any atom is 0.258 e. The second-order valence-corrected chi connectivity index (χ2v) is 4.31. The molecule has 0 aliphatic carbocycles. The Morgan fingerprint density at radius 3 is 2.82 bits per heavy atom. The van der Waals surface area contributed by atoms with Crippen LogP contribution in [-0.2, 0) is 0 Å². The van der Waals surface area contributed by atoms with Gasteiger partial charge in [0.15, 0.2) is 0 Å².